The van der Waals surface area contributed by atoms with E-state index in [0.29, 0.717) is 12.4 Å². The fourth-order valence-corrected chi connectivity index (χ4v) is 3.96. The molecule has 1 aliphatic heterocycles. The summed E-state index contributed by atoms with van der Waals surface area (Å²) >= 11 is 6.10. The minimum absolute atomic E-state index is 0.0369. The Morgan fingerprint density at radius 2 is 2.10 bits per heavy atom. The highest BCUT2D eigenvalue weighted by Crippen LogP contribution is 2.24. The van der Waals surface area contributed by atoms with E-state index in [1.165, 1.54) is 0 Å². The topological polar surface area (TPSA) is 83.1 Å². The van der Waals surface area contributed by atoms with Crippen molar-refractivity contribution in [3.63, 3.8) is 0 Å². The molecule has 4 rings (SSSR count). The van der Waals surface area contributed by atoms with Crippen LogP contribution in [0, 0.1) is 5.92 Å². The molecule has 2 N–H and O–H groups in total. The van der Waals surface area contributed by atoms with E-state index in [2.05, 4.69) is 25.4 Å². The number of aromatic amines is 1. The molecule has 0 atom stereocenters. The normalized spacial score (nSPS) is 14.9. The zero-order valence-corrected chi connectivity index (χ0v) is 17.1. The SMILES string of the molecule is COc1ccc(N2CCC(C(=O)NCCc3c[nH]c4ccc(Cl)cc34)CC2)nn1. The Hall–Kier alpha value is -2.80. The molecule has 0 unspecified atom stereocenters. The van der Waals surface area contributed by atoms with Crippen molar-refractivity contribution in [1.29, 1.82) is 0 Å². The zero-order valence-electron chi connectivity index (χ0n) is 16.3. The van der Waals surface area contributed by atoms with E-state index in [1.54, 1.807) is 13.2 Å². The number of carbonyl (C=O) groups excluding carboxylic acids is 1. The van der Waals surface area contributed by atoms with E-state index in [0.717, 1.165) is 59.7 Å². The van der Waals surface area contributed by atoms with Gasteiger partial charge in [0.2, 0.25) is 11.8 Å². The van der Waals surface area contributed by atoms with E-state index in [-0.39, 0.29) is 11.8 Å². The van der Waals surface area contributed by atoms with Gasteiger partial charge in [-0.05, 0) is 49.1 Å². The molecule has 152 valence electrons. The van der Waals surface area contributed by atoms with Crippen LogP contribution in [0.25, 0.3) is 10.9 Å². The Bertz CT molecular complexity index is 980. The summed E-state index contributed by atoms with van der Waals surface area (Å²) in [5.41, 5.74) is 2.22. The maximum Gasteiger partial charge on any atom is 0.233 e. The summed E-state index contributed by atoms with van der Waals surface area (Å²) in [5.74, 6) is 1.49. The minimum Gasteiger partial charge on any atom is -0.480 e. The molecule has 1 amide bonds. The number of halogens is 1. The van der Waals surface area contributed by atoms with Crippen LogP contribution in [0.5, 0.6) is 5.88 Å². The molecular weight excluding hydrogens is 390 g/mol. The van der Waals surface area contributed by atoms with Gasteiger partial charge in [-0.2, -0.15) is 0 Å². The van der Waals surface area contributed by atoms with Gasteiger partial charge < -0.3 is 19.9 Å². The maximum atomic E-state index is 12.6. The van der Waals surface area contributed by atoms with Gasteiger partial charge in [-0.1, -0.05) is 11.6 Å². The first-order valence-electron chi connectivity index (χ1n) is 9.80. The number of fused-ring (bicyclic) bond motifs is 1. The van der Waals surface area contributed by atoms with Crippen molar-refractivity contribution < 1.29 is 9.53 Å². The standard InChI is InChI=1S/C21H24ClN5O2/c1-29-20-5-4-19(25-26-20)27-10-7-14(8-11-27)21(28)23-9-6-15-13-24-18-3-2-16(22)12-17(15)18/h2-5,12-14,24H,6-11H2,1H3,(H,23,28). The molecule has 3 aromatic rings. The van der Waals surface area contributed by atoms with E-state index < -0.39 is 0 Å². The highest BCUT2D eigenvalue weighted by Gasteiger charge is 2.25. The summed E-state index contributed by atoms with van der Waals surface area (Å²) in [7, 11) is 1.57. The lowest BCUT2D eigenvalue weighted by Crippen LogP contribution is -2.41. The molecule has 0 aliphatic carbocycles. The summed E-state index contributed by atoms with van der Waals surface area (Å²) in [5, 5.41) is 13.1. The van der Waals surface area contributed by atoms with Crippen molar-refractivity contribution in [3.05, 3.63) is 47.1 Å². The number of methoxy groups -OCH3 is 1. The van der Waals surface area contributed by atoms with Gasteiger partial charge in [0, 0.05) is 53.7 Å². The smallest absolute Gasteiger partial charge is 0.233 e. The van der Waals surface area contributed by atoms with Crippen LogP contribution in [0.15, 0.2) is 36.5 Å². The number of hydrogen-bond donors (Lipinski definition) is 2. The number of aromatic nitrogens is 3. The lowest BCUT2D eigenvalue weighted by molar-refractivity contribution is -0.125. The summed E-state index contributed by atoms with van der Waals surface area (Å²) in [6.45, 7) is 2.20. The number of nitrogens with one attached hydrogen (secondary N) is 2. The van der Waals surface area contributed by atoms with Gasteiger partial charge in [0.25, 0.3) is 0 Å². The number of amides is 1. The van der Waals surface area contributed by atoms with E-state index >= 15 is 0 Å². The highest BCUT2D eigenvalue weighted by molar-refractivity contribution is 6.31. The molecule has 3 heterocycles. The van der Waals surface area contributed by atoms with Gasteiger partial charge in [0.1, 0.15) is 0 Å². The average Bonchev–Trinajstić information content (AvgIpc) is 3.16. The number of piperidine rings is 1. The second-order valence-electron chi connectivity index (χ2n) is 7.24. The summed E-state index contributed by atoms with van der Waals surface area (Å²) < 4.78 is 5.05. The van der Waals surface area contributed by atoms with Crippen molar-refractivity contribution in [3.8, 4) is 5.88 Å². The molecule has 29 heavy (non-hydrogen) atoms. The molecule has 1 saturated heterocycles. The minimum atomic E-state index is 0.0369. The van der Waals surface area contributed by atoms with Crippen LogP contribution < -0.4 is 15.0 Å². The predicted octanol–water partition coefficient (Wildman–Crippen LogP) is 3.20. The van der Waals surface area contributed by atoms with Crippen molar-refractivity contribution in [2.75, 3.05) is 31.6 Å². The highest BCUT2D eigenvalue weighted by atomic mass is 35.5. The second-order valence-corrected chi connectivity index (χ2v) is 7.68. The average molecular weight is 414 g/mol. The molecule has 2 aromatic heterocycles. The van der Waals surface area contributed by atoms with Gasteiger partial charge in [0.15, 0.2) is 5.82 Å². The fraction of sp³-hybridized carbons (Fsp3) is 0.381. The molecule has 8 heteroatoms. The first kappa shape index (κ1) is 19.5. The van der Waals surface area contributed by atoms with Crippen LogP contribution in [0.4, 0.5) is 5.82 Å². The van der Waals surface area contributed by atoms with Gasteiger partial charge >= 0.3 is 0 Å². The van der Waals surface area contributed by atoms with Gasteiger partial charge in [0.05, 0.1) is 7.11 Å². The van der Waals surface area contributed by atoms with E-state index in [9.17, 15) is 4.79 Å². The van der Waals surface area contributed by atoms with Gasteiger partial charge in [-0.3, -0.25) is 4.79 Å². The molecule has 0 radical (unpaired) electrons. The van der Waals surface area contributed by atoms with Crippen LogP contribution in [0.3, 0.4) is 0 Å². The largest absolute Gasteiger partial charge is 0.480 e. The van der Waals surface area contributed by atoms with Crippen molar-refractivity contribution in [2.24, 2.45) is 5.92 Å². The summed E-state index contributed by atoms with van der Waals surface area (Å²) in [4.78, 5) is 18.0. The first-order valence-corrected chi connectivity index (χ1v) is 10.2. The van der Waals surface area contributed by atoms with Crippen molar-refractivity contribution >= 4 is 34.2 Å². The number of H-pyrrole nitrogens is 1. The van der Waals surface area contributed by atoms with Crippen LogP contribution in [-0.2, 0) is 11.2 Å². The van der Waals surface area contributed by atoms with E-state index in [1.807, 2.05) is 30.5 Å². The summed E-state index contributed by atoms with van der Waals surface area (Å²) in [6, 6.07) is 9.51. The molecule has 0 spiro atoms. The van der Waals surface area contributed by atoms with Crippen LogP contribution in [0.1, 0.15) is 18.4 Å². The molecule has 1 aliphatic rings. The number of rotatable bonds is 6. The van der Waals surface area contributed by atoms with Crippen LogP contribution in [0.2, 0.25) is 5.02 Å². The molecule has 1 fully saturated rings. The third-order valence-corrected chi connectivity index (χ3v) is 5.68. The molecular formula is C21H24ClN5O2. The molecule has 0 saturated carbocycles. The number of carbonyl (C=O) groups is 1. The van der Waals surface area contributed by atoms with E-state index in [4.69, 9.17) is 16.3 Å². The molecule has 7 nitrogen and oxygen atoms in total. The summed E-state index contributed by atoms with van der Waals surface area (Å²) in [6.07, 6.45) is 4.37. The third-order valence-electron chi connectivity index (χ3n) is 5.45. The van der Waals surface area contributed by atoms with Crippen molar-refractivity contribution in [2.45, 2.75) is 19.3 Å². The Morgan fingerprint density at radius 3 is 2.83 bits per heavy atom. The number of benzene rings is 1. The quantitative estimate of drug-likeness (QED) is 0.648. The Morgan fingerprint density at radius 1 is 1.28 bits per heavy atom. The number of ether oxygens (including phenoxy) is 1. The molecule has 0 bridgehead atoms. The lowest BCUT2D eigenvalue weighted by atomic mass is 9.96. The molecule has 1 aromatic carbocycles. The fourth-order valence-electron chi connectivity index (χ4n) is 3.78. The first-order chi connectivity index (χ1) is 14.1. The van der Waals surface area contributed by atoms with Crippen molar-refractivity contribution in [1.82, 2.24) is 20.5 Å². The van der Waals surface area contributed by atoms with Crippen LogP contribution >= 0.6 is 11.6 Å². The number of nitrogens with zero attached hydrogens (tertiary/aromatic N) is 3. The third kappa shape index (κ3) is 4.45. The Labute approximate surface area is 174 Å². The zero-order chi connectivity index (χ0) is 20.2. The maximum absolute atomic E-state index is 12.6. The predicted molar refractivity (Wildman–Crippen MR) is 114 cm³/mol. The second kappa shape index (κ2) is 8.69. The number of anilines is 1. The monoisotopic (exact) mass is 413 g/mol. The lowest BCUT2D eigenvalue weighted by Gasteiger charge is -2.31. The number of hydrogen-bond acceptors (Lipinski definition) is 5. The Kier molecular flexibility index (Phi) is 5.85. The van der Waals surface area contributed by atoms with Gasteiger partial charge in [-0.25, -0.2) is 0 Å². The van der Waals surface area contributed by atoms with Crippen LogP contribution in [-0.4, -0.2) is 47.8 Å². The Balaban J connectivity index is 1.26. The van der Waals surface area contributed by atoms with Gasteiger partial charge in [-0.15, -0.1) is 10.2 Å².